The van der Waals surface area contributed by atoms with Gasteiger partial charge < -0.3 is 0 Å². The van der Waals surface area contributed by atoms with Crippen LogP contribution in [0.4, 0.5) is 0 Å². The highest BCUT2D eigenvalue weighted by atomic mass is 14.3. The fraction of sp³-hybridized carbons (Fsp3) is 0.0455. The Morgan fingerprint density at radius 1 is 0.696 bits per heavy atom. The molecule has 0 aromatic heterocycles. The van der Waals surface area contributed by atoms with Crippen molar-refractivity contribution in [2.45, 2.75) is 6.92 Å². The summed E-state index contributed by atoms with van der Waals surface area (Å²) in [5.74, 6) is 0. The maximum absolute atomic E-state index is 9.86. The van der Waals surface area contributed by atoms with Crippen LogP contribution >= 0.6 is 0 Å². The Bertz CT molecular complexity index is 827. The summed E-state index contributed by atoms with van der Waals surface area (Å²) in [7, 11) is 0. The standard InChI is InChI=1S/C22H17N/c1-17-9-8-14-20(15-17)21(16-23)22(18-10-4-2-5-11-18)19-12-6-3-7-13-19/h2-15H,1H3. The molecule has 0 saturated carbocycles. The van der Waals surface area contributed by atoms with Crippen LogP contribution in [-0.2, 0) is 0 Å². The molecule has 23 heavy (non-hydrogen) atoms. The molecule has 0 amide bonds. The van der Waals surface area contributed by atoms with E-state index in [1.807, 2.05) is 61.5 Å². The lowest BCUT2D eigenvalue weighted by Gasteiger charge is -2.12. The van der Waals surface area contributed by atoms with Crippen LogP contribution in [0, 0.1) is 18.3 Å². The predicted molar refractivity (Wildman–Crippen MR) is 95.6 cm³/mol. The first-order chi connectivity index (χ1) is 11.3. The van der Waals surface area contributed by atoms with Gasteiger partial charge in [-0.25, -0.2) is 0 Å². The molecule has 3 rings (SSSR count). The minimum Gasteiger partial charge on any atom is -0.192 e. The van der Waals surface area contributed by atoms with Crippen molar-refractivity contribution < 1.29 is 0 Å². The molecule has 0 bridgehead atoms. The van der Waals surface area contributed by atoms with Gasteiger partial charge in [0.15, 0.2) is 0 Å². The fourth-order valence-electron chi connectivity index (χ4n) is 2.73. The van der Waals surface area contributed by atoms with Gasteiger partial charge in [0.2, 0.25) is 0 Å². The van der Waals surface area contributed by atoms with Crippen LogP contribution in [0.2, 0.25) is 0 Å². The van der Waals surface area contributed by atoms with E-state index in [-0.39, 0.29) is 0 Å². The third-order valence-electron chi connectivity index (χ3n) is 3.79. The van der Waals surface area contributed by atoms with E-state index >= 15 is 0 Å². The first kappa shape index (κ1) is 14.8. The summed E-state index contributed by atoms with van der Waals surface area (Å²) in [4.78, 5) is 0. The van der Waals surface area contributed by atoms with E-state index in [9.17, 15) is 5.26 Å². The van der Waals surface area contributed by atoms with Crippen molar-refractivity contribution in [3.8, 4) is 6.07 Å². The van der Waals surface area contributed by atoms with E-state index in [0.29, 0.717) is 5.57 Å². The molecule has 3 aromatic carbocycles. The monoisotopic (exact) mass is 295 g/mol. The highest BCUT2D eigenvalue weighted by Crippen LogP contribution is 2.32. The van der Waals surface area contributed by atoms with Crippen LogP contribution in [0.5, 0.6) is 0 Å². The molecule has 0 spiro atoms. The van der Waals surface area contributed by atoms with Crippen molar-refractivity contribution >= 4 is 11.1 Å². The Labute approximate surface area is 137 Å². The van der Waals surface area contributed by atoms with E-state index in [1.165, 1.54) is 0 Å². The number of allylic oxidation sites excluding steroid dienone is 1. The summed E-state index contributed by atoms with van der Waals surface area (Å²) in [6.45, 7) is 2.04. The molecule has 0 saturated heterocycles. The fourth-order valence-corrected chi connectivity index (χ4v) is 2.73. The first-order valence-electron chi connectivity index (χ1n) is 7.62. The summed E-state index contributed by atoms with van der Waals surface area (Å²) in [6.07, 6.45) is 0. The Kier molecular flexibility index (Phi) is 4.36. The van der Waals surface area contributed by atoms with Crippen LogP contribution < -0.4 is 0 Å². The lowest BCUT2D eigenvalue weighted by molar-refractivity contribution is 1.44. The lowest BCUT2D eigenvalue weighted by Crippen LogP contribution is -1.94. The van der Waals surface area contributed by atoms with Crippen LogP contribution in [-0.4, -0.2) is 0 Å². The average molecular weight is 295 g/mol. The van der Waals surface area contributed by atoms with Gasteiger partial charge >= 0.3 is 0 Å². The molecule has 0 atom stereocenters. The number of benzene rings is 3. The van der Waals surface area contributed by atoms with Gasteiger partial charge in [0, 0.05) is 5.57 Å². The van der Waals surface area contributed by atoms with Gasteiger partial charge in [0.25, 0.3) is 0 Å². The number of nitrogens with zero attached hydrogens (tertiary/aromatic N) is 1. The molecular formula is C22H17N. The number of aryl methyl sites for hydroxylation is 1. The van der Waals surface area contributed by atoms with Crippen LogP contribution in [0.3, 0.4) is 0 Å². The summed E-state index contributed by atoms with van der Waals surface area (Å²) in [6, 6.07) is 30.7. The Morgan fingerprint density at radius 2 is 1.22 bits per heavy atom. The number of rotatable bonds is 3. The van der Waals surface area contributed by atoms with Gasteiger partial charge in [0.1, 0.15) is 6.07 Å². The molecule has 110 valence electrons. The second-order valence-corrected chi connectivity index (χ2v) is 5.46. The van der Waals surface area contributed by atoms with Gasteiger partial charge in [0.05, 0.1) is 5.57 Å². The normalized spacial score (nSPS) is 9.91. The number of hydrogen-bond donors (Lipinski definition) is 0. The van der Waals surface area contributed by atoms with Crippen molar-refractivity contribution in [3.05, 3.63) is 107 Å². The third-order valence-corrected chi connectivity index (χ3v) is 3.79. The third kappa shape index (κ3) is 3.22. The van der Waals surface area contributed by atoms with Crippen molar-refractivity contribution in [2.75, 3.05) is 0 Å². The molecule has 0 aliphatic rings. The largest absolute Gasteiger partial charge is 0.192 e. The molecule has 0 N–H and O–H groups in total. The summed E-state index contributed by atoms with van der Waals surface area (Å²) in [5, 5.41) is 9.86. The van der Waals surface area contributed by atoms with E-state index in [0.717, 1.165) is 27.8 Å². The molecule has 0 fully saturated rings. The Hall–Kier alpha value is -3.11. The minimum absolute atomic E-state index is 0.700. The van der Waals surface area contributed by atoms with Crippen molar-refractivity contribution in [2.24, 2.45) is 0 Å². The van der Waals surface area contributed by atoms with E-state index < -0.39 is 0 Å². The summed E-state index contributed by atoms with van der Waals surface area (Å²) >= 11 is 0. The molecule has 1 heteroatoms. The van der Waals surface area contributed by atoms with Crippen LogP contribution in [0.15, 0.2) is 84.9 Å². The lowest BCUT2D eigenvalue weighted by atomic mass is 9.90. The SMILES string of the molecule is Cc1cccc(C(C#N)=C(c2ccccc2)c2ccccc2)c1. The van der Waals surface area contributed by atoms with Gasteiger partial charge in [-0.1, -0.05) is 90.5 Å². The molecule has 0 unspecified atom stereocenters. The maximum atomic E-state index is 9.86. The molecule has 0 aliphatic carbocycles. The molecule has 0 radical (unpaired) electrons. The second kappa shape index (κ2) is 6.77. The van der Waals surface area contributed by atoms with Crippen LogP contribution in [0.1, 0.15) is 22.3 Å². The average Bonchev–Trinajstić information content (AvgIpc) is 2.61. The zero-order valence-corrected chi connectivity index (χ0v) is 13.0. The Morgan fingerprint density at radius 3 is 1.70 bits per heavy atom. The van der Waals surface area contributed by atoms with Crippen molar-refractivity contribution in [1.29, 1.82) is 5.26 Å². The Balaban J connectivity index is 2.31. The van der Waals surface area contributed by atoms with Gasteiger partial charge in [-0.05, 0) is 23.6 Å². The predicted octanol–water partition coefficient (Wildman–Crippen LogP) is 5.48. The van der Waals surface area contributed by atoms with E-state index in [2.05, 4.69) is 36.4 Å². The summed E-state index contributed by atoms with van der Waals surface area (Å²) < 4.78 is 0. The highest BCUT2D eigenvalue weighted by molar-refractivity contribution is 6.03. The smallest absolute Gasteiger partial charge is 0.100 e. The first-order valence-corrected chi connectivity index (χ1v) is 7.62. The van der Waals surface area contributed by atoms with Gasteiger partial charge in [-0.15, -0.1) is 0 Å². The van der Waals surface area contributed by atoms with Crippen LogP contribution in [0.25, 0.3) is 11.1 Å². The van der Waals surface area contributed by atoms with Gasteiger partial charge in [-0.3, -0.25) is 0 Å². The van der Waals surface area contributed by atoms with Gasteiger partial charge in [-0.2, -0.15) is 5.26 Å². The number of nitriles is 1. The zero-order valence-electron chi connectivity index (χ0n) is 13.0. The highest BCUT2D eigenvalue weighted by Gasteiger charge is 2.13. The maximum Gasteiger partial charge on any atom is 0.100 e. The topological polar surface area (TPSA) is 23.8 Å². The molecule has 0 aliphatic heterocycles. The summed E-state index contributed by atoms with van der Waals surface area (Å²) in [5.41, 5.74) is 5.88. The minimum atomic E-state index is 0.700. The molecular weight excluding hydrogens is 278 g/mol. The van der Waals surface area contributed by atoms with Crippen molar-refractivity contribution in [1.82, 2.24) is 0 Å². The van der Waals surface area contributed by atoms with E-state index in [1.54, 1.807) is 0 Å². The molecule has 0 heterocycles. The van der Waals surface area contributed by atoms with E-state index in [4.69, 9.17) is 0 Å². The zero-order chi connectivity index (χ0) is 16.1. The number of hydrogen-bond acceptors (Lipinski definition) is 1. The quantitative estimate of drug-likeness (QED) is 0.464. The van der Waals surface area contributed by atoms with Crippen molar-refractivity contribution in [3.63, 3.8) is 0 Å². The molecule has 3 aromatic rings. The molecule has 1 nitrogen and oxygen atoms in total. The second-order valence-electron chi connectivity index (χ2n) is 5.46.